The van der Waals surface area contributed by atoms with E-state index in [0.29, 0.717) is 6.54 Å². The van der Waals surface area contributed by atoms with Crippen molar-refractivity contribution in [3.8, 4) is 0 Å². The second-order valence-corrected chi connectivity index (χ2v) is 4.56. The van der Waals surface area contributed by atoms with Gasteiger partial charge >= 0.3 is 0 Å². The van der Waals surface area contributed by atoms with Gasteiger partial charge in [0.2, 0.25) is 0 Å². The van der Waals surface area contributed by atoms with Crippen LogP contribution in [0.5, 0.6) is 0 Å². The van der Waals surface area contributed by atoms with Gasteiger partial charge in [-0.15, -0.1) is 0 Å². The van der Waals surface area contributed by atoms with Crippen molar-refractivity contribution >= 4 is 5.57 Å². The molecule has 2 nitrogen and oxygen atoms in total. The van der Waals surface area contributed by atoms with E-state index in [-0.39, 0.29) is 0 Å². The lowest BCUT2D eigenvalue weighted by molar-refractivity contribution is 0.509. The third-order valence-electron chi connectivity index (χ3n) is 2.92. The number of hydrogen-bond donors (Lipinski definition) is 1. The summed E-state index contributed by atoms with van der Waals surface area (Å²) in [6.07, 6.45) is 9.62. The molecular formula is C16H20N2. The molecule has 1 aliphatic heterocycles. The minimum Gasteiger partial charge on any atom is -0.376 e. The van der Waals surface area contributed by atoms with Crippen molar-refractivity contribution in [3.63, 3.8) is 0 Å². The predicted molar refractivity (Wildman–Crippen MR) is 77.9 cm³/mol. The molecule has 0 unspecified atom stereocenters. The van der Waals surface area contributed by atoms with Crippen molar-refractivity contribution in [2.45, 2.75) is 6.42 Å². The van der Waals surface area contributed by atoms with Crippen LogP contribution in [0.3, 0.4) is 0 Å². The minimum absolute atomic E-state index is 0.703. The summed E-state index contributed by atoms with van der Waals surface area (Å²) in [4.78, 5) is 2.21. The number of allylic oxidation sites excluding steroid dienone is 3. The van der Waals surface area contributed by atoms with E-state index in [2.05, 4.69) is 66.7 Å². The lowest BCUT2D eigenvalue weighted by atomic mass is 10.00. The molecule has 0 bridgehead atoms. The van der Waals surface area contributed by atoms with Gasteiger partial charge in [0.05, 0.1) is 0 Å². The van der Waals surface area contributed by atoms with Gasteiger partial charge in [0, 0.05) is 19.8 Å². The molecule has 18 heavy (non-hydrogen) atoms. The van der Waals surface area contributed by atoms with Gasteiger partial charge in [-0.25, -0.2) is 0 Å². The minimum atomic E-state index is 0.703. The average Bonchev–Trinajstić information content (AvgIpc) is 2.39. The van der Waals surface area contributed by atoms with E-state index in [1.54, 1.807) is 0 Å². The summed E-state index contributed by atoms with van der Waals surface area (Å²) in [7, 11) is 2.10. The zero-order valence-electron chi connectivity index (χ0n) is 10.8. The Bertz CT molecular complexity index is 469. The molecule has 0 fully saturated rings. The van der Waals surface area contributed by atoms with E-state index in [9.17, 15) is 0 Å². The van der Waals surface area contributed by atoms with Gasteiger partial charge in [0.25, 0.3) is 0 Å². The lowest BCUT2D eigenvalue weighted by Crippen LogP contribution is -2.17. The summed E-state index contributed by atoms with van der Waals surface area (Å²) in [6, 6.07) is 10.5. The van der Waals surface area contributed by atoms with E-state index in [1.807, 2.05) is 0 Å². The second kappa shape index (κ2) is 6.22. The molecule has 2 heteroatoms. The van der Waals surface area contributed by atoms with Crippen molar-refractivity contribution < 1.29 is 0 Å². The molecule has 0 saturated heterocycles. The SMILES string of the molecule is CN1C=C(/C=C/CCN)C=C(c2ccccc2)C1. The van der Waals surface area contributed by atoms with Gasteiger partial charge in [0.1, 0.15) is 0 Å². The van der Waals surface area contributed by atoms with E-state index < -0.39 is 0 Å². The van der Waals surface area contributed by atoms with Gasteiger partial charge in [0.15, 0.2) is 0 Å². The fraction of sp³-hybridized carbons (Fsp3) is 0.250. The van der Waals surface area contributed by atoms with Gasteiger partial charge in [-0.05, 0) is 35.8 Å². The Labute approximate surface area is 109 Å². The highest BCUT2D eigenvalue weighted by molar-refractivity contribution is 5.71. The summed E-state index contributed by atoms with van der Waals surface area (Å²) in [5, 5.41) is 0. The Balaban J connectivity index is 2.19. The van der Waals surface area contributed by atoms with Crippen molar-refractivity contribution in [2.75, 3.05) is 20.1 Å². The van der Waals surface area contributed by atoms with Crippen LogP contribution >= 0.6 is 0 Å². The molecule has 0 saturated carbocycles. The number of hydrogen-bond acceptors (Lipinski definition) is 2. The molecule has 0 spiro atoms. The standard InChI is InChI=1S/C16H20N2/c1-18-12-14(7-5-6-10-17)11-16(13-18)15-8-3-2-4-9-15/h2-5,7-9,11-12H,6,10,13,17H2,1H3/b7-5+. The van der Waals surface area contributed by atoms with Gasteiger partial charge in [-0.2, -0.15) is 0 Å². The summed E-state index contributed by atoms with van der Waals surface area (Å²) >= 11 is 0. The van der Waals surface area contributed by atoms with Gasteiger partial charge in [-0.1, -0.05) is 42.5 Å². The zero-order valence-corrected chi connectivity index (χ0v) is 10.8. The Morgan fingerprint density at radius 1 is 1.28 bits per heavy atom. The average molecular weight is 240 g/mol. The topological polar surface area (TPSA) is 29.3 Å². The van der Waals surface area contributed by atoms with E-state index >= 15 is 0 Å². The molecule has 0 atom stereocenters. The largest absolute Gasteiger partial charge is 0.376 e. The lowest BCUT2D eigenvalue weighted by Gasteiger charge is -2.22. The van der Waals surface area contributed by atoms with Crippen LogP contribution in [0.15, 0.2) is 60.3 Å². The maximum Gasteiger partial charge on any atom is 0.0427 e. The molecule has 2 rings (SSSR count). The highest BCUT2D eigenvalue weighted by Gasteiger charge is 2.08. The van der Waals surface area contributed by atoms with Crippen LogP contribution in [-0.4, -0.2) is 25.0 Å². The van der Waals surface area contributed by atoms with Crippen LogP contribution < -0.4 is 5.73 Å². The first-order valence-electron chi connectivity index (χ1n) is 6.34. The molecular weight excluding hydrogens is 220 g/mol. The van der Waals surface area contributed by atoms with Crippen molar-refractivity contribution in [3.05, 3.63) is 65.9 Å². The van der Waals surface area contributed by atoms with Crippen molar-refractivity contribution in [1.29, 1.82) is 0 Å². The first kappa shape index (κ1) is 12.7. The Kier molecular flexibility index (Phi) is 4.37. The Morgan fingerprint density at radius 2 is 2.06 bits per heavy atom. The number of rotatable bonds is 4. The summed E-state index contributed by atoms with van der Waals surface area (Å²) in [6.45, 7) is 1.66. The smallest absolute Gasteiger partial charge is 0.0427 e. The molecule has 0 aliphatic carbocycles. The van der Waals surface area contributed by atoms with Gasteiger partial charge in [-0.3, -0.25) is 0 Å². The maximum atomic E-state index is 5.49. The molecule has 94 valence electrons. The van der Waals surface area contributed by atoms with Crippen molar-refractivity contribution in [1.82, 2.24) is 4.90 Å². The number of nitrogens with two attached hydrogens (primary N) is 1. The quantitative estimate of drug-likeness (QED) is 0.877. The maximum absolute atomic E-state index is 5.49. The molecule has 1 aromatic carbocycles. The third-order valence-corrected chi connectivity index (χ3v) is 2.92. The predicted octanol–water partition coefficient (Wildman–Crippen LogP) is 2.80. The summed E-state index contributed by atoms with van der Waals surface area (Å²) in [5.41, 5.74) is 9.37. The van der Waals surface area contributed by atoms with Crippen LogP contribution in [0.25, 0.3) is 5.57 Å². The molecule has 0 amide bonds. The molecule has 1 aromatic rings. The molecule has 0 radical (unpaired) electrons. The van der Waals surface area contributed by atoms with E-state index in [4.69, 9.17) is 5.73 Å². The number of likely N-dealkylation sites (N-methyl/N-ethyl adjacent to an activating group) is 1. The van der Waals surface area contributed by atoms with E-state index in [0.717, 1.165) is 13.0 Å². The fourth-order valence-corrected chi connectivity index (χ4v) is 2.09. The van der Waals surface area contributed by atoms with Crippen LogP contribution in [0.4, 0.5) is 0 Å². The summed E-state index contributed by atoms with van der Waals surface area (Å²) in [5.74, 6) is 0. The van der Waals surface area contributed by atoms with Crippen LogP contribution in [0.1, 0.15) is 12.0 Å². The Hall–Kier alpha value is -1.80. The number of benzene rings is 1. The van der Waals surface area contributed by atoms with Crippen molar-refractivity contribution in [2.24, 2.45) is 5.73 Å². The Morgan fingerprint density at radius 3 is 2.78 bits per heavy atom. The van der Waals surface area contributed by atoms with Crippen LogP contribution in [-0.2, 0) is 0 Å². The second-order valence-electron chi connectivity index (χ2n) is 4.56. The zero-order chi connectivity index (χ0) is 12.8. The highest BCUT2D eigenvalue weighted by atomic mass is 15.1. The number of nitrogens with zero attached hydrogens (tertiary/aromatic N) is 1. The first-order valence-corrected chi connectivity index (χ1v) is 6.34. The first-order chi connectivity index (χ1) is 8.79. The third kappa shape index (κ3) is 3.34. The van der Waals surface area contributed by atoms with E-state index in [1.165, 1.54) is 16.7 Å². The molecule has 2 N–H and O–H groups in total. The fourth-order valence-electron chi connectivity index (χ4n) is 2.09. The molecule has 0 aromatic heterocycles. The summed E-state index contributed by atoms with van der Waals surface area (Å²) < 4.78 is 0. The monoisotopic (exact) mass is 240 g/mol. The highest BCUT2D eigenvalue weighted by Crippen LogP contribution is 2.22. The molecule has 1 heterocycles. The molecule has 1 aliphatic rings. The van der Waals surface area contributed by atoms with Crippen LogP contribution in [0.2, 0.25) is 0 Å². The van der Waals surface area contributed by atoms with Crippen LogP contribution in [0, 0.1) is 0 Å². The van der Waals surface area contributed by atoms with Gasteiger partial charge < -0.3 is 10.6 Å². The normalized spacial score (nSPS) is 15.8.